The first-order valence-electron chi connectivity index (χ1n) is 7.81. The number of hydrogen-bond donors (Lipinski definition) is 1. The van der Waals surface area contributed by atoms with Gasteiger partial charge in [-0.25, -0.2) is 0 Å². The lowest BCUT2D eigenvalue weighted by atomic mass is 10.1. The highest BCUT2D eigenvalue weighted by Crippen LogP contribution is 2.24. The molecule has 1 heteroatoms. The molecule has 0 unspecified atom stereocenters. The van der Waals surface area contributed by atoms with E-state index in [1.54, 1.807) is 11.1 Å². The highest BCUT2D eigenvalue weighted by atomic mass is 14.9. The first-order valence-corrected chi connectivity index (χ1v) is 7.81. The van der Waals surface area contributed by atoms with Crippen LogP contribution in [0.2, 0.25) is 0 Å². The summed E-state index contributed by atoms with van der Waals surface area (Å²) in [5, 5.41) is 3.56. The molecule has 3 rings (SSSR count). The molecule has 1 aliphatic carbocycles. The predicted octanol–water partition coefficient (Wildman–Crippen LogP) is 4.61. The maximum absolute atomic E-state index is 3.56. The molecule has 0 bridgehead atoms. The normalized spacial score (nSPS) is 13.2. The molecule has 0 atom stereocenters. The van der Waals surface area contributed by atoms with Crippen molar-refractivity contribution in [3.05, 3.63) is 65.2 Å². The molecule has 0 radical (unpaired) electrons. The highest BCUT2D eigenvalue weighted by molar-refractivity contribution is 5.50. The molecule has 104 valence electrons. The molecule has 1 nitrogen and oxygen atoms in total. The maximum atomic E-state index is 3.56. The number of anilines is 1. The molecule has 0 fully saturated rings. The van der Waals surface area contributed by atoms with Crippen molar-refractivity contribution in [1.82, 2.24) is 0 Å². The van der Waals surface area contributed by atoms with Crippen LogP contribution in [0.5, 0.6) is 0 Å². The Kier molecular flexibility index (Phi) is 4.37. The monoisotopic (exact) mass is 265 g/mol. The fourth-order valence-corrected chi connectivity index (χ4v) is 3.01. The summed E-state index contributed by atoms with van der Waals surface area (Å²) in [5.41, 5.74) is 5.86. The Hall–Kier alpha value is -1.76. The van der Waals surface area contributed by atoms with Gasteiger partial charge in [0.2, 0.25) is 0 Å². The van der Waals surface area contributed by atoms with Crippen LogP contribution in [-0.2, 0) is 19.3 Å². The Labute approximate surface area is 122 Å². The van der Waals surface area contributed by atoms with Crippen LogP contribution in [0.25, 0.3) is 0 Å². The standard InChI is InChI=1S/C19H23N/c1-2-7-16(8-3-1)9-4-5-14-20-19-13-12-17-10-6-11-18(17)15-19/h1-3,7-8,12-13,15,20H,4-6,9-11,14H2. The molecule has 20 heavy (non-hydrogen) atoms. The molecule has 0 saturated heterocycles. The minimum Gasteiger partial charge on any atom is -0.385 e. The lowest BCUT2D eigenvalue weighted by Crippen LogP contribution is -2.02. The Morgan fingerprint density at radius 2 is 1.70 bits per heavy atom. The third-order valence-electron chi connectivity index (χ3n) is 4.16. The van der Waals surface area contributed by atoms with Crippen LogP contribution in [-0.4, -0.2) is 6.54 Å². The van der Waals surface area contributed by atoms with Gasteiger partial charge < -0.3 is 5.32 Å². The average Bonchev–Trinajstić information content (AvgIpc) is 2.95. The Morgan fingerprint density at radius 1 is 0.850 bits per heavy atom. The Morgan fingerprint density at radius 3 is 2.60 bits per heavy atom. The number of benzene rings is 2. The van der Waals surface area contributed by atoms with Crippen molar-refractivity contribution in [3.63, 3.8) is 0 Å². The van der Waals surface area contributed by atoms with Gasteiger partial charge in [-0.1, -0.05) is 36.4 Å². The highest BCUT2D eigenvalue weighted by Gasteiger charge is 2.10. The van der Waals surface area contributed by atoms with Crippen molar-refractivity contribution in [2.45, 2.75) is 38.5 Å². The fraction of sp³-hybridized carbons (Fsp3) is 0.368. The van der Waals surface area contributed by atoms with E-state index in [9.17, 15) is 0 Å². The zero-order valence-corrected chi connectivity index (χ0v) is 12.1. The minimum absolute atomic E-state index is 1.08. The summed E-state index contributed by atoms with van der Waals surface area (Å²) in [6.45, 7) is 1.08. The second kappa shape index (κ2) is 6.60. The zero-order chi connectivity index (χ0) is 13.6. The van der Waals surface area contributed by atoms with Crippen molar-refractivity contribution < 1.29 is 0 Å². The van der Waals surface area contributed by atoms with E-state index in [1.165, 1.54) is 49.8 Å². The first-order chi connectivity index (χ1) is 9.92. The predicted molar refractivity (Wildman–Crippen MR) is 86.3 cm³/mol. The second-order valence-electron chi connectivity index (χ2n) is 5.71. The zero-order valence-electron chi connectivity index (χ0n) is 12.1. The first kappa shape index (κ1) is 13.2. The molecule has 0 spiro atoms. The van der Waals surface area contributed by atoms with Gasteiger partial charge in [-0.05, 0) is 67.3 Å². The van der Waals surface area contributed by atoms with Gasteiger partial charge >= 0.3 is 0 Å². The van der Waals surface area contributed by atoms with Gasteiger partial charge in [0.1, 0.15) is 0 Å². The molecule has 1 aliphatic rings. The van der Waals surface area contributed by atoms with Crippen LogP contribution in [0.15, 0.2) is 48.5 Å². The second-order valence-corrected chi connectivity index (χ2v) is 5.71. The summed E-state index contributed by atoms with van der Waals surface area (Å²) >= 11 is 0. The van der Waals surface area contributed by atoms with E-state index in [0.29, 0.717) is 0 Å². The maximum Gasteiger partial charge on any atom is 0.0343 e. The van der Waals surface area contributed by atoms with Gasteiger partial charge in [-0.15, -0.1) is 0 Å². The molecule has 0 aliphatic heterocycles. The Balaban J connectivity index is 1.40. The summed E-state index contributed by atoms with van der Waals surface area (Å²) in [6, 6.07) is 17.6. The van der Waals surface area contributed by atoms with E-state index in [2.05, 4.69) is 53.8 Å². The van der Waals surface area contributed by atoms with Gasteiger partial charge in [-0.2, -0.15) is 0 Å². The van der Waals surface area contributed by atoms with Crippen molar-refractivity contribution in [2.75, 3.05) is 11.9 Å². The van der Waals surface area contributed by atoms with E-state index in [1.807, 2.05) is 0 Å². The third-order valence-corrected chi connectivity index (χ3v) is 4.16. The minimum atomic E-state index is 1.08. The fourth-order valence-electron chi connectivity index (χ4n) is 3.01. The van der Waals surface area contributed by atoms with E-state index in [4.69, 9.17) is 0 Å². The largest absolute Gasteiger partial charge is 0.385 e. The lowest BCUT2D eigenvalue weighted by Gasteiger charge is -2.08. The van der Waals surface area contributed by atoms with Crippen molar-refractivity contribution >= 4 is 5.69 Å². The van der Waals surface area contributed by atoms with Crippen LogP contribution >= 0.6 is 0 Å². The molecule has 0 heterocycles. The van der Waals surface area contributed by atoms with Gasteiger partial charge in [-0.3, -0.25) is 0 Å². The number of nitrogens with one attached hydrogen (secondary N) is 1. The van der Waals surface area contributed by atoms with E-state index in [0.717, 1.165) is 6.54 Å². The summed E-state index contributed by atoms with van der Waals surface area (Å²) in [6.07, 6.45) is 7.53. The van der Waals surface area contributed by atoms with Crippen molar-refractivity contribution in [2.24, 2.45) is 0 Å². The van der Waals surface area contributed by atoms with Crippen LogP contribution in [0.1, 0.15) is 36.0 Å². The molecule has 2 aromatic rings. The SMILES string of the molecule is c1ccc(CCCCNc2ccc3c(c2)CCC3)cc1. The summed E-state index contributed by atoms with van der Waals surface area (Å²) < 4.78 is 0. The molecular weight excluding hydrogens is 242 g/mol. The molecule has 2 aromatic carbocycles. The number of unbranched alkanes of at least 4 members (excludes halogenated alkanes) is 1. The average molecular weight is 265 g/mol. The quantitative estimate of drug-likeness (QED) is 0.752. The van der Waals surface area contributed by atoms with Gasteiger partial charge in [0.25, 0.3) is 0 Å². The lowest BCUT2D eigenvalue weighted by molar-refractivity contribution is 0.763. The van der Waals surface area contributed by atoms with Crippen molar-refractivity contribution in [1.29, 1.82) is 0 Å². The topological polar surface area (TPSA) is 12.0 Å². The van der Waals surface area contributed by atoms with E-state index < -0.39 is 0 Å². The number of rotatable bonds is 6. The molecule has 0 saturated carbocycles. The van der Waals surface area contributed by atoms with Crippen LogP contribution in [0.3, 0.4) is 0 Å². The van der Waals surface area contributed by atoms with Gasteiger partial charge in [0.15, 0.2) is 0 Å². The molecular formula is C19H23N. The van der Waals surface area contributed by atoms with Crippen LogP contribution in [0.4, 0.5) is 5.69 Å². The van der Waals surface area contributed by atoms with Gasteiger partial charge in [0, 0.05) is 12.2 Å². The van der Waals surface area contributed by atoms with Crippen molar-refractivity contribution in [3.8, 4) is 0 Å². The van der Waals surface area contributed by atoms with E-state index >= 15 is 0 Å². The summed E-state index contributed by atoms with van der Waals surface area (Å²) in [5.74, 6) is 0. The van der Waals surface area contributed by atoms with Crippen LogP contribution < -0.4 is 5.32 Å². The molecule has 1 N–H and O–H groups in total. The van der Waals surface area contributed by atoms with Crippen LogP contribution in [0, 0.1) is 0 Å². The van der Waals surface area contributed by atoms with Gasteiger partial charge in [0.05, 0.1) is 0 Å². The number of fused-ring (bicyclic) bond motifs is 1. The number of aryl methyl sites for hydroxylation is 3. The summed E-state index contributed by atoms with van der Waals surface area (Å²) in [7, 11) is 0. The molecule has 0 aromatic heterocycles. The van der Waals surface area contributed by atoms with E-state index in [-0.39, 0.29) is 0 Å². The number of hydrogen-bond acceptors (Lipinski definition) is 1. The molecule has 0 amide bonds. The Bertz CT molecular complexity index is 545. The third kappa shape index (κ3) is 3.41. The summed E-state index contributed by atoms with van der Waals surface area (Å²) in [4.78, 5) is 0. The smallest absolute Gasteiger partial charge is 0.0343 e.